The molecule has 1 N–H and O–H groups in total. The minimum absolute atomic E-state index is 0.0261. The maximum atomic E-state index is 12.0. The summed E-state index contributed by atoms with van der Waals surface area (Å²) in [5.74, 6) is -0.0261. The molecule has 1 heterocycles. The highest BCUT2D eigenvalue weighted by Crippen LogP contribution is 2.43. The van der Waals surface area contributed by atoms with E-state index >= 15 is 0 Å². The molecule has 1 amide bonds. The fourth-order valence-electron chi connectivity index (χ4n) is 2.77. The Bertz CT molecular complexity index is 622. The molecule has 1 saturated carbocycles. The number of carbonyl (C=O) groups excluding carboxylic acids is 1. The summed E-state index contributed by atoms with van der Waals surface area (Å²) in [6, 6.07) is 8.38. The second-order valence-corrected chi connectivity index (χ2v) is 6.43. The third kappa shape index (κ3) is 3.15. The first-order chi connectivity index (χ1) is 10.2. The lowest BCUT2D eigenvalue weighted by molar-refractivity contribution is -0.122. The lowest BCUT2D eigenvalue weighted by atomic mass is 9.64. The van der Waals surface area contributed by atoms with E-state index in [9.17, 15) is 4.79 Å². The van der Waals surface area contributed by atoms with E-state index in [1.54, 1.807) is 6.33 Å². The monoisotopic (exact) mass is 348 g/mol. The molecule has 3 rings (SSSR count). The fraction of sp³-hybridized carbons (Fsp3) is 0.400. The number of nitrogens with one attached hydrogen (secondary N) is 1. The SMILES string of the molecule is O=C(Cn1cncn1)NCC1(c2cccc(Br)c2)CCC1. The van der Waals surface area contributed by atoms with Crippen LogP contribution >= 0.6 is 15.9 Å². The van der Waals surface area contributed by atoms with Gasteiger partial charge in [0, 0.05) is 16.4 Å². The number of hydrogen-bond donors (Lipinski definition) is 1. The maximum Gasteiger partial charge on any atom is 0.241 e. The van der Waals surface area contributed by atoms with E-state index in [1.807, 2.05) is 6.07 Å². The molecule has 0 unspecified atom stereocenters. The standard InChI is InChI=1S/C15H17BrN4O/c16-13-4-1-3-12(7-13)15(5-2-6-15)9-18-14(21)8-20-11-17-10-19-20/h1,3-4,7,10-11H,2,5-6,8-9H2,(H,18,21). The molecule has 21 heavy (non-hydrogen) atoms. The summed E-state index contributed by atoms with van der Waals surface area (Å²) in [4.78, 5) is 15.8. The van der Waals surface area contributed by atoms with Gasteiger partial charge in [0.25, 0.3) is 0 Å². The zero-order valence-corrected chi connectivity index (χ0v) is 13.2. The average molecular weight is 349 g/mol. The summed E-state index contributed by atoms with van der Waals surface area (Å²) < 4.78 is 2.61. The Hall–Kier alpha value is -1.69. The zero-order chi connectivity index (χ0) is 14.7. The molecule has 1 fully saturated rings. The Labute approximate surface area is 131 Å². The largest absolute Gasteiger partial charge is 0.354 e. The van der Waals surface area contributed by atoms with E-state index in [1.165, 1.54) is 23.0 Å². The zero-order valence-electron chi connectivity index (χ0n) is 11.6. The molecule has 1 aromatic carbocycles. The molecule has 0 saturated heterocycles. The molecule has 5 nitrogen and oxygen atoms in total. The summed E-state index contributed by atoms with van der Waals surface area (Å²) in [7, 11) is 0. The minimum Gasteiger partial charge on any atom is -0.354 e. The van der Waals surface area contributed by atoms with Crippen LogP contribution in [0.4, 0.5) is 0 Å². The summed E-state index contributed by atoms with van der Waals surface area (Å²) in [6.45, 7) is 0.894. The van der Waals surface area contributed by atoms with Gasteiger partial charge >= 0.3 is 0 Å². The molecule has 0 atom stereocenters. The highest BCUT2D eigenvalue weighted by atomic mass is 79.9. The number of halogens is 1. The van der Waals surface area contributed by atoms with Gasteiger partial charge in [-0.1, -0.05) is 34.5 Å². The van der Waals surface area contributed by atoms with Crippen LogP contribution in [0.15, 0.2) is 41.4 Å². The molecule has 1 aromatic heterocycles. The van der Waals surface area contributed by atoms with E-state index in [4.69, 9.17) is 0 Å². The number of hydrogen-bond acceptors (Lipinski definition) is 3. The Morgan fingerprint density at radius 2 is 2.29 bits per heavy atom. The summed E-state index contributed by atoms with van der Waals surface area (Å²) in [5, 5.41) is 6.98. The maximum absolute atomic E-state index is 12.0. The normalized spacial score (nSPS) is 16.2. The fourth-order valence-corrected chi connectivity index (χ4v) is 3.17. The van der Waals surface area contributed by atoms with Gasteiger partial charge in [-0.3, -0.25) is 4.79 Å². The van der Waals surface area contributed by atoms with Crippen LogP contribution in [0.25, 0.3) is 0 Å². The predicted molar refractivity (Wildman–Crippen MR) is 82.7 cm³/mol. The van der Waals surface area contributed by atoms with Crippen molar-refractivity contribution in [3.63, 3.8) is 0 Å². The summed E-state index contributed by atoms with van der Waals surface area (Å²) >= 11 is 3.52. The van der Waals surface area contributed by atoms with Gasteiger partial charge in [0.05, 0.1) is 0 Å². The van der Waals surface area contributed by atoms with Crippen molar-refractivity contribution in [1.29, 1.82) is 0 Å². The Kier molecular flexibility index (Phi) is 4.05. The van der Waals surface area contributed by atoms with Crippen molar-refractivity contribution in [3.05, 3.63) is 47.0 Å². The van der Waals surface area contributed by atoms with Gasteiger partial charge in [-0.2, -0.15) is 5.10 Å². The van der Waals surface area contributed by atoms with E-state index in [0.29, 0.717) is 6.54 Å². The van der Waals surface area contributed by atoms with E-state index in [0.717, 1.165) is 17.3 Å². The van der Waals surface area contributed by atoms with Crippen molar-refractivity contribution in [1.82, 2.24) is 20.1 Å². The Morgan fingerprint density at radius 3 is 2.90 bits per heavy atom. The van der Waals surface area contributed by atoms with Crippen LogP contribution in [0.5, 0.6) is 0 Å². The molecular weight excluding hydrogens is 332 g/mol. The molecule has 6 heteroatoms. The second-order valence-electron chi connectivity index (χ2n) is 5.51. The van der Waals surface area contributed by atoms with Gasteiger partial charge in [0.1, 0.15) is 19.2 Å². The van der Waals surface area contributed by atoms with E-state index in [-0.39, 0.29) is 17.9 Å². The van der Waals surface area contributed by atoms with E-state index in [2.05, 4.69) is 49.5 Å². The Morgan fingerprint density at radius 1 is 1.43 bits per heavy atom. The van der Waals surface area contributed by atoms with Crippen molar-refractivity contribution in [2.45, 2.75) is 31.2 Å². The van der Waals surface area contributed by atoms with Gasteiger partial charge in [-0.05, 0) is 30.5 Å². The van der Waals surface area contributed by atoms with Crippen molar-refractivity contribution in [2.24, 2.45) is 0 Å². The van der Waals surface area contributed by atoms with Crippen LogP contribution in [0.3, 0.4) is 0 Å². The Balaban J connectivity index is 1.63. The molecule has 0 bridgehead atoms. The second kappa shape index (κ2) is 5.97. The number of benzene rings is 1. The van der Waals surface area contributed by atoms with Gasteiger partial charge < -0.3 is 5.32 Å². The summed E-state index contributed by atoms with van der Waals surface area (Å²) in [6.07, 6.45) is 6.43. The molecule has 0 radical (unpaired) electrons. The number of amides is 1. The third-order valence-electron chi connectivity index (χ3n) is 4.14. The first-order valence-corrected chi connectivity index (χ1v) is 7.82. The number of carbonyl (C=O) groups is 1. The molecule has 0 aliphatic heterocycles. The van der Waals surface area contributed by atoms with Gasteiger partial charge in [-0.15, -0.1) is 0 Å². The molecule has 2 aromatic rings. The quantitative estimate of drug-likeness (QED) is 0.901. The molecule has 0 spiro atoms. The minimum atomic E-state index is -0.0261. The van der Waals surface area contributed by atoms with Gasteiger partial charge in [0.2, 0.25) is 5.91 Å². The van der Waals surface area contributed by atoms with Gasteiger partial charge in [-0.25, -0.2) is 9.67 Å². The van der Waals surface area contributed by atoms with Crippen LogP contribution in [0.2, 0.25) is 0 Å². The first-order valence-electron chi connectivity index (χ1n) is 7.03. The van der Waals surface area contributed by atoms with Gasteiger partial charge in [0.15, 0.2) is 0 Å². The van der Waals surface area contributed by atoms with Crippen molar-refractivity contribution >= 4 is 21.8 Å². The average Bonchev–Trinajstić information content (AvgIpc) is 2.90. The van der Waals surface area contributed by atoms with Crippen LogP contribution in [-0.4, -0.2) is 27.2 Å². The molecule has 1 aliphatic rings. The third-order valence-corrected chi connectivity index (χ3v) is 4.64. The lowest BCUT2D eigenvalue weighted by Gasteiger charge is -2.42. The number of rotatable bonds is 5. The summed E-state index contributed by atoms with van der Waals surface area (Å²) in [5.41, 5.74) is 1.38. The smallest absolute Gasteiger partial charge is 0.241 e. The predicted octanol–water partition coefficient (Wildman–Crippen LogP) is 2.28. The van der Waals surface area contributed by atoms with Crippen molar-refractivity contribution < 1.29 is 4.79 Å². The highest BCUT2D eigenvalue weighted by molar-refractivity contribution is 9.10. The molecule has 110 valence electrons. The van der Waals surface area contributed by atoms with Crippen LogP contribution in [-0.2, 0) is 16.8 Å². The number of nitrogens with zero attached hydrogens (tertiary/aromatic N) is 3. The lowest BCUT2D eigenvalue weighted by Crippen LogP contribution is -2.46. The topological polar surface area (TPSA) is 59.8 Å². The van der Waals surface area contributed by atoms with Crippen LogP contribution in [0, 0.1) is 0 Å². The number of aromatic nitrogens is 3. The first kappa shape index (κ1) is 14.3. The van der Waals surface area contributed by atoms with Crippen molar-refractivity contribution in [3.8, 4) is 0 Å². The molecular formula is C15H17BrN4O. The van der Waals surface area contributed by atoms with E-state index < -0.39 is 0 Å². The molecule has 1 aliphatic carbocycles. The van der Waals surface area contributed by atoms with Crippen LogP contribution in [0.1, 0.15) is 24.8 Å². The van der Waals surface area contributed by atoms with Crippen LogP contribution < -0.4 is 5.32 Å². The van der Waals surface area contributed by atoms with Crippen molar-refractivity contribution in [2.75, 3.05) is 6.54 Å². The highest BCUT2D eigenvalue weighted by Gasteiger charge is 2.38.